The maximum atomic E-state index is 12.8. The van der Waals surface area contributed by atoms with Gasteiger partial charge in [0.25, 0.3) is 0 Å². The van der Waals surface area contributed by atoms with Crippen molar-refractivity contribution >= 4 is 29.9 Å². The Balaban J connectivity index is 2.29. The highest BCUT2D eigenvalue weighted by Gasteiger charge is 2.30. The highest BCUT2D eigenvalue weighted by molar-refractivity contribution is 6.76. The number of halogens is 4. The van der Waals surface area contributed by atoms with E-state index in [2.05, 4.69) is 11.9 Å². The predicted octanol–water partition coefficient (Wildman–Crippen LogP) is 3.03. The van der Waals surface area contributed by atoms with E-state index in [1.54, 1.807) is 0 Å². The monoisotopic (exact) mass is 277 g/mol. The molecule has 0 aliphatic carbocycles. The summed E-state index contributed by atoms with van der Waals surface area (Å²) in [4.78, 5) is 5.85. The Labute approximate surface area is 109 Å². The third kappa shape index (κ3) is 2.74. The summed E-state index contributed by atoms with van der Waals surface area (Å²) in [5, 5.41) is -0.264. The van der Waals surface area contributed by atoms with Gasteiger partial charge in [0.15, 0.2) is 0 Å². The summed E-state index contributed by atoms with van der Waals surface area (Å²) in [5.74, 6) is 0.871. The van der Waals surface area contributed by atoms with Crippen molar-refractivity contribution in [3.63, 3.8) is 0 Å². The number of rotatable bonds is 2. The van der Waals surface area contributed by atoms with Crippen LogP contribution >= 0.6 is 11.6 Å². The van der Waals surface area contributed by atoms with Crippen molar-refractivity contribution in [1.82, 2.24) is 4.98 Å². The zero-order valence-corrected chi connectivity index (χ0v) is 10.8. The lowest BCUT2D eigenvalue weighted by Crippen LogP contribution is -2.38. The lowest BCUT2D eigenvalue weighted by Gasteiger charge is -2.32. The molecule has 1 fully saturated rings. The Morgan fingerprint density at radius 3 is 2.50 bits per heavy atom. The molecule has 1 aromatic rings. The molecule has 0 N–H and O–H groups in total. The topological polar surface area (TPSA) is 16.1 Å². The van der Waals surface area contributed by atoms with Crippen LogP contribution in [0.15, 0.2) is 12.3 Å². The molecule has 0 aromatic carbocycles. The van der Waals surface area contributed by atoms with E-state index >= 15 is 0 Å². The molecule has 2 rings (SSSR count). The van der Waals surface area contributed by atoms with Crippen molar-refractivity contribution in [2.45, 2.75) is 19.8 Å². The van der Waals surface area contributed by atoms with E-state index in [0.717, 1.165) is 18.9 Å². The number of hydrogen-bond acceptors (Lipinski definition) is 2. The van der Waals surface area contributed by atoms with Crippen LogP contribution in [0, 0.1) is 5.92 Å². The Kier molecular flexibility index (Phi) is 3.75. The van der Waals surface area contributed by atoms with Crippen LogP contribution in [0.3, 0.4) is 0 Å². The van der Waals surface area contributed by atoms with Crippen molar-refractivity contribution in [2.75, 3.05) is 18.0 Å². The minimum atomic E-state index is -5.09. The zero-order chi connectivity index (χ0) is 13.3. The quantitative estimate of drug-likeness (QED) is 0.773. The fraction of sp³-hybridized carbons (Fsp3) is 0.545. The van der Waals surface area contributed by atoms with Gasteiger partial charge in [-0.05, 0) is 18.8 Å². The van der Waals surface area contributed by atoms with Crippen LogP contribution in [-0.2, 0) is 0 Å². The first-order valence-electron chi connectivity index (χ1n) is 5.99. The number of hydrogen-bond donors (Lipinski definition) is 0. The molecule has 0 radical (unpaired) electrons. The van der Waals surface area contributed by atoms with Gasteiger partial charge in [-0.15, -0.1) is 0 Å². The third-order valence-electron chi connectivity index (χ3n) is 3.34. The third-order valence-corrected chi connectivity index (χ3v) is 3.72. The standard InChI is InChI=1S/C11H14BClF3N2/c1-8-3-6-18(7-4-8)11-10(13)9(2-5-17-11)12(14,15)16/h2,5,8H,3-4,6-7H2,1H3/q-1. The van der Waals surface area contributed by atoms with Gasteiger partial charge in [-0.2, -0.15) is 0 Å². The van der Waals surface area contributed by atoms with E-state index in [1.165, 1.54) is 6.20 Å². The highest BCUT2D eigenvalue weighted by Crippen LogP contribution is 2.28. The highest BCUT2D eigenvalue weighted by atomic mass is 35.5. The van der Waals surface area contributed by atoms with Crippen molar-refractivity contribution in [2.24, 2.45) is 5.92 Å². The fourth-order valence-electron chi connectivity index (χ4n) is 2.14. The molecule has 1 aliphatic heterocycles. The lowest BCUT2D eigenvalue weighted by molar-refractivity contribution is 0.436. The molecule has 0 saturated carbocycles. The molecule has 18 heavy (non-hydrogen) atoms. The van der Waals surface area contributed by atoms with E-state index in [-0.39, 0.29) is 10.8 Å². The molecular formula is C11H14BClF3N2-. The van der Waals surface area contributed by atoms with Crippen LogP contribution < -0.4 is 10.4 Å². The summed E-state index contributed by atoms with van der Waals surface area (Å²) in [7, 11) is 0. The average molecular weight is 278 g/mol. The van der Waals surface area contributed by atoms with Crippen LogP contribution in [0.5, 0.6) is 0 Å². The van der Waals surface area contributed by atoms with Crippen LogP contribution in [0.25, 0.3) is 0 Å². The zero-order valence-electron chi connectivity index (χ0n) is 10.0. The normalized spacial score (nSPS) is 18.2. The molecule has 0 atom stereocenters. The summed E-state index contributed by atoms with van der Waals surface area (Å²) >= 11 is 5.85. The van der Waals surface area contributed by atoms with Gasteiger partial charge in [0, 0.05) is 19.3 Å². The molecule has 0 bridgehead atoms. The predicted molar refractivity (Wildman–Crippen MR) is 68.6 cm³/mol. The van der Waals surface area contributed by atoms with Crippen molar-refractivity contribution < 1.29 is 12.9 Å². The van der Waals surface area contributed by atoms with Gasteiger partial charge in [0.05, 0.1) is 5.02 Å². The number of nitrogens with zero attached hydrogens (tertiary/aromatic N) is 2. The van der Waals surface area contributed by atoms with Gasteiger partial charge >= 0.3 is 6.98 Å². The van der Waals surface area contributed by atoms with E-state index in [4.69, 9.17) is 11.6 Å². The second-order valence-electron chi connectivity index (χ2n) is 4.78. The fourth-order valence-corrected chi connectivity index (χ4v) is 2.50. The number of pyridine rings is 1. The first kappa shape index (κ1) is 13.5. The molecule has 1 aliphatic rings. The summed E-state index contributed by atoms with van der Waals surface area (Å²) in [6.07, 6.45) is 3.10. The maximum absolute atomic E-state index is 12.8. The Bertz CT molecular complexity index is 431. The maximum Gasteiger partial charge on any atom is 0.511 e. The van der Waals surface area contributed by atoms with Gasteiger partial charge in [-0.3, -0.25) is 0 Å². The summed E-state index contributed by atoms with van der Waals surface area (Å²) in [6.45, 7) is -1.52. The van der Waals surface area contributed by atoms with E-state index < -0.39 is 12.4 Å². The molecule has 2 nitrogen and oxygen atoms in total. The smallest absolute Gasteiger partial charge is 0.445 e. The molecule has 2 heterocycles. The lowest BCUT2D eigenvalue weighted by atomic mass is 9.80. The van der Waals surface area contributed by atoms with E-state index in [9.17, 15) is 12.9 Å². The van der Waals surface area contributed by atoms with Crippen molar-refractivity contribution in [3.05, 3.63) is 17.3 Å². The van der Waals surface area contributed by atoms with Gasteiger partial charge in [0.2, 0.25) is 0 Å². The summed E-state index contributed by atoms with van der Waals surface area (Å²) in [6, 6.07) is 0.943. The van der Waals surface area contributed by atoms with Crippen LogP contribution in [0.1, 0.15) is 19.8 Å². The second kappa shape index (κ2) is 5.00. The minimum Gasteiger partial charge on any atom is -0.445 e. The minimum absolute atomic E-state index is 0.264. The van der Waals surface area contributed by atoms with Gasteiger partial charge in [-0.25, -0.2) is 4.98 Å². The average Bonchev–Trinajstić information content (AvgIpc) is 2.29. The number of aromatic nitrogens is 1. The Hall–Kier alpha value is -0.905. The molecule has 1 saturated heterocycles. The number of anilines is 1. The van der Waals surface area contributed by atoms with Crippen LogP contribution in [-0.4, -0.2) is 25.1 Å². The van der Waals surface area contributed by atoms with Gasteiger partial charge in [0.1, 0.15) is 5.82 Å². The summed E-state index contributed by atoms with van der Waals surface area (Å²) in [5.41, 5.74) is -0.750. The van der Waals surface area contributed by atoms with Crippen molar-refractivity contribution in [3.8, 4) is 0 Å². The second-order valence-corrected chi connectivity index (χ2v) is 5.16. The first-order valence-corrected chi connectivity index (χ1v) is 6.36. The summed E-state index contributed by atoms with van der Waals surface area (Å²) < 4.78 is 38.4. The molecule has 7 heteroatoms. The van der Waals surface area contributed by atoms with E-state index in [1.807, 2.05) is 4.90 Å². The SMILES string of the molecule is CC1CCN(c2nccc([B-](F)(F)F)c2Cl)CC1. The largest absolute Gasteiger partial charge is 0.511 e. The van der Waals surface area contributed by atoms with Gasteiger partial charge in [-0.1, -0.05) is 30.1 Å². The molecule has 0 amide bonds. The van der Waals surface area contributed by atoms with Crippen molar-refractivity contribution in [1.29, 1.82) is 0 Å². The Morgan fingerprint density at radius 1 is 1.33 bits per heavy atom. The molecule has 100 valence electrons. The van der Waals surface area contributed by atoms with Crippen LogP contribution in [0.2, 0.25) is 5.02 Å². The van der Waals surface area contributed by atoms with Crippen LogP contribution in [0.4, 0.5) is 18.8 Å². The molecular weight excluding hydrogens is 263 g/mol. The molecule has 0 spiro atoms. The van der Waals surface area contributed by atoms with Gasteiger partial charge < -0.3 is 17.8 Å². The van der Waals surface area contributed by atoms with E-state index in [0.29, 0.717) is 19.0 Å². The molecule has 1 aromatic heterocycles. The first-order chi connectivity index (χ1) is 8.39. The Morgan fingerprint density at radius 2 is 1.94 bits per heavy atom. The molecule has 0 unspecified atom stereocenters. The number of piperidine rings is 1.